The van der Waals surface area contributed by atoms with Crippen LogP contribution < -0.4 is 16.6 Å². The standard InChI is InChI=1S/C23H20N4O4S2/c1-25-20-18(21(28)26(2)23(25)29)16(14-10-7-11-15(12-14)27(30)31)17(22(32)33-3)19(24-20)13-8-5-4-6-9-13/h4-12,16,24H,1-3H3/t16-/m1/s1. The molecular weight excluding hydrogens is 460 g/mol. The van der Waals surface area contributed by atoms with E-state index in [9.17, 15) is 19.7 Å². The first-order valence-corrected chi connectivity index (χ1v) is 11.6. The van der Waals surface area contributed by atoms with Gasteiger partial charge in [-0.1, -0.05) is 54.7 Å². The topological polar surface area (TPSA) is 99.2 Å². The summed E-state index contributed by atoms with van der Waals surface area (Å²) in [6.07, 6.45) is 1.84. The quantitative estimate of drug-likeness (QED) is 0.346. The summed E-state index contributed by atoms with van der Waals surface area (Å²) < 4.78 is 2.96. The predicted octanol–water partition coefficient (Wildman–Crippen LogP) is 3.65. The number of hydrogen-bond donors (Lipinski definition) is 1. The molecule has 1 aliphatic rings. The maximum atomic E-state index is 13.4. The Morgan fingerprint density at radius 2 is 1.79 bits per heavy atom. The Kier molecular flexibility index (Phi) is 6.05. The van der Waals surface area contributed by atoms with Gasteiger partial charge in [0, 0.05) is 37.7 Å². The van der Waals surface area contributed by atoms with Crippen molar-refractivity contribution in [3.05, 3.63) is 108 Å². The van der Waals surface area contributed by atoms with Crippen LogP contribution in [0.25, 0.3) is 5.70 Å². The molecule has 10 heteroatoms. The van der Waals surface area contributed by atoms with Gasteiger partial charge in [0.25, 0.3) is 11.2 Å². The number of hydrogen-bond acceptors (Lipinski definition) is 7. The molecule has 8 nitrogen and oxygen atoms in total. The van der Waals surface area contributed by atoms with Crippen molar-refractivity contribution in [2.45, 2.75) is 5.92 Å². The number of aromatic nitrogens is 2. The van der Waals surface area contributed by atoms with Crippen molar-refractivity contribution < 1.29 is 4.92 Å². The normalized spacial score (nSPS) is 15.1. The number of fused-ring (bicyclic) bond motifs is 1. The van der Waals surface area contributed by atoms with Gasteiger partial charge in [-0.3, -0.25) is 24.0 Å². The second-order valence-electron chi connectivity index (χ2n) is 7.52. The largest absolute Gasteiger partial charge is 0.340 e. The molecule has 1 aromatic heterocycles. The van der Waals surface area contributed by atoms with E-state index < -0.39 is 22.1 Å². The molecule has 4 rings (SSSR count). The van der Waals surface area contributed by atoms with E-state index in [4.69, 9.17) is 12.2 Å². The van der Waals surface area contributed by atoms with Crippen LogP contribution in [0.2, 0.25) is 0 Å². The third-order valence-corrected chi connectivity index (χ3v) is 6.98. The molecule has 0 unspecified atom stereocenters. The highest BCUT2D eigenvalue weighted by molar-refractivity contribution is 8.23. The molecule has 1 N–H and O–H groups in total. The van der Waals surface area contributed by atoms with Crippen molar-refractivity contribution in [3.63, 3.8) is 0 Å². The molecule has 0 amide bonds. The van der Waals surface area contributed by atoms with Crippen molar-refractivity contribution in [3.8, 4) is 0 Å². The van der Waals surface area contributed by atoms with Gasteiger partial charge in [-0.05, 0) is 17.4 Å². The van der Waals surface area contributed by atoms with Crippen LogP contribution in [0.15, 0.2) is 69.8 Å². The van der Waals surface area contributed by atoms with Gasteiger partial charge in [-0.25, -0.2) is 4.79 Å². The van der Waals surface area contributed by atoms with Crippen LogP contribution in [0, 0.1) is 10.1 Å². The summed E-state index contributed by atoms with van der Waals surface area (Å²) >= 11 is 7.08. The lowest BCUT2D eigenvalue weighted by atomic mass is 9.81. The van der Waals surface area contributed by atoms with Crippen molar-refractivity contribution in [2.75, 3.05) is 11.6 Å². The zero-order valence-electron chi connectivity index (χ0n) is 18.1. The van der Waals surface area contributed by atoms with Crippen molar-refractivity contribution in [2.24, 2.45) is 14.1 Å². The van der Waals surface area contributed by atoms with E-state index in [2.05, 4.69) is 5.32 Å². The second kappa shape index (κ2) is 8.80. The summed E-state index contributed by atoms with van der Waals surface area (Å²) in [5.74, 6) is -0.368. The molecule has 3 aromatic rings. The Balaban J connectivity index is 2.16. The monoisotopic (exact) mass is 480 g/mol. The number of nitro groups is 1. The fourth-order valence-electron chi connectivity index (χ4n) is 4.07. The minimum atomic E-state index is -0.707. The van der Waals surface area contributed by atoms with Gasteiger partial charge < -0.3 is 5.32 Å². The summed E-state index contributed by atoms with van der Waals surface area (Å²) in [5.41, 5.74) is 1.93. The van der Waals surface area contributed by atoms with Crippen LogP contribution in [-0.4, -0.2) is 24.5 Å². The minimum Gasteiger partial charge on any atom is -0.340 e. The molecule has 0 saturated heterocycles. The lowest BCUT2D eigenvalue weighted by molar-refractivity contribution is -0.384. The van der Waals surface area contributed by atoms with Crippen molar-refractivity contribution in [1.29, 1.82) is 0 Å². The molecule has 2 aromatic carbocycles. The van der Waals surface area contributed by atoms with E-state index >= 15 is 0 Å². The molecule has 33 heavy (non-hydrogen) atoms. The Bertz CT molecular complexity index is 1440. The summed E-state index contributed by atoms with van der Waals surface area (Å²) in [5, 5.41) is 14.8. The van der Waals surface area contributed by atoms with Crippen molar-refractivity contribution >= 4 is 45.4 Å². The number of benzene rings is 2. The molecule has 168 valence electrons. The lowest BCUT2D eigenvalue weighted by Crippen LogP contribution is -2.43. The van der Waals surface area contributed by atoms with E-state index in [-0.39, 0.29) is 5.69 Å². The fraction of sp³-hybridized carbons (Fsp3) is 0.174. The van der Waals surface area contributed by atoms with Crippen LogP contribution >= 0.6 is 24.0 Å². The number of nitrogens with one attached hydrogen (secondary N) is 1. The zero-order valence-corrected chi connectivity index (χ0v) is 19.7. The summed E-state index contributed by atoms with van der Waals surface area (Å²) in [6, 6.07) is 15.6. The van der Waals surface area contributed by atoms with Gasteiger partial charge >= 0.3 is 5.69 Å². The molecule has 1 aliphatic heterocycles. The van der Waals surface area contributed by atoms with Crippen LogP contribution in [0.4, 0.5) is 11.5 Å². The first-order valence-electron chi connectivity index (χ1n) is 9.95. The van der Waals surface area contributed by atoms with E-state index in [1.807, 2.05) is 36.6 Å². The van der Waals surface area contributed by atoms with Crippen LogP contribution in [-0.2, 0) is 14.1 Å². The summed E-state index contributed by atoms with van der Waals surface area (Å²) in [7, 11) is 3.00. The average molecular weight is 481 g/mol. The van der Waals surface area contributed by atoms with Gasteiger partial charge in [0.1, 0.15) is 5.82 Å². The maximum Gasteiger partial charge on any atom is 0.332 e. The number of nitrogens with zero attached hydrogens (tertiary/aromatic N) is 3. The third-order valence-electron chi connectivity index (χ3n) is 5.67. The number of rotatable bonds is 4. The van der Waals surface area contributed by atoms with Crippen LogP contribution in [0.3, 0.4) is 0 Å². The lowest BCUT2D eigenvalue weighted by Gasteiger charge is -2.33. The average Bonchev–Trinajstić information content (AvgIpc) is 2.84. The predicted molar refractivity (Wildman–Crippen MR) is 135 cm³/mol. The summed E-state index contributed by atoms with van der Waals surface area (Å²) in [4.78, 5) is 37.1. The van der Waals surface area contributed by atoms with Crippen LogP contribution in [0.1, 0.15) is 22.6 Å². The van der Waals surface area contributed by atoms with Gasteiger partial charge in [0.2, 0.25) is 0 Å². The molecular formula is C23H20N4O4S2. The fourth-order valence-corrected chi connectivity index (χ4v) is 4.73. The molecule has 0 saturated carbocycles. The maximum absolute atomic E-state index is 13.4. The van der Waals surface area contributed by atoms with E-state index in [0.717, 1.165) is 10.1 Å². The molecule has 2 heterocycles. The molecule has 0 aliphatic carbocycles. The third kappa shape index (κ3) is 3.81. The van der Waals surface area contributed by atoms with Gasteiger partial charge in [-0.2, -0.15) is 0 Å². The second-order valence-corrected chi connectivity index (χ2v) is 9.01. The summed E-state index contributed by atoms with van der Waals surface area (Å²) in [6.45, 7) is 0. The SMILES string of the molecule is CSC(=S)C1=C(c2ccccc2)Nc2c(c(=O)n(C)c(=O)n2C)[C@@H]1c1cccc([N+](=O)[O-])c1. The Hall–Kier alpha value is -3.50. The smallest absolute Gasteiger partial charge is 0.332 e. The first kappa shape index (κ1) is 22.7. The van der Waals surface area contributed by atoms with Crippen LogP contribution in [0.5, 0.6) is 0 Å². The van der Waals surface area contributed by atoms with Gasteiger partial charge in [0.05, 0.1) is 20.4 Å². The number of thiocarbonyl (C=S) groups is 1. The van der Waals surface area contributed by atoms with E-state index in [1.165, 1.54) is 35.5 Å². The zero-order chi connectivity index (χ0) is 23.9. The highest BCUT2D eigenvalue weighted by Gasteiger charge is 2.37. The Morgan fingerprint density at radius 1 is 1.09 bits per heavy atom. The first-order chi connectivity index (χ1) is 15.8. The molecule has 0 fully saturated rings. The van der Waals surface area contributed by atoms with Gasteiger partial charge in [-0.15, -0.1) is 11.8 Å². The van der Waals surface area contributed by atoms with E-state index in [0.29, 0.717) is 32.4 Å². The number of nitro benzene ring substituents is 1. The molecule has 0 spiro atoms. The van der Waals surface area contributed by atoms with E-state index in [1.54, 1.807) is 19.2 Å². The highest BCUT2D eigenvalue weighted by Crippen LogP contribution is 2.44. The highest BCUT2D eigenvalue weighted by atomic mass is 32.2. The minimum absolute atomic E-state index is 0.0927. The number of thioether (sulfide) groups is 1. The molecule has 0 radical (unpaired) electrons. The molecule has 0 bridgehead atoms. The number of non-ortho nitro benzene ring substituents is 1. The Morgan fingerprint density at radius 3 is 2.42 bits per heavy atom. The molecule has 1 atom stereocenters. The Labute approximate surface area is 198 Å². The number of anilines is 1. The van der Waals surface area contributed by atoms with Crippen molar-refractivity contribution in [1.82, 2.24) is 9.13 Å². The van der Waals surface area contributed by atoms with Gasteiger partial charge in [0.15, 0.2) is 0 Å².